The number of aliphatic hydroxyl groups is 3. The lowest BCUT2D eigenvalue weighted by molar-refractivity contribution is -0.646. The van der Waals surface area contributed by atoms with Crippen LogP contribution in [-0.4, -0.2) is 165 Å². The molecule has 44 heteroatoms. The van der Waals surface area contributed by atoms with Gasteiger partial charge in [-0.05, 0) is 5.53 Å². The fourth-order valence-electron chi connectivity index (χ4n) is 8.92. The van der Waals surface area contributed by atoms with Gasteiger partial charge in [-0.3, -0.25) is 37.7 Å². The Balaban J connectivity index is 0.892. The van der Waals surface area contributed by atoms with Gasteiger partial charge in [-0.1, -0.05) is 5.11 Å². The van der Waals surface area contributed by atoms with Crippen molar-refractivity contribution in [1.82, 2.24) is 53.6 Å². The predicted molar refractivity (Wildman–Crippen MR) is 247 cm³/mol. The van der Waals surface area contributed by atoms with E-state index in [1.807, 2.05) is 0 Å². The number of phosphoric acid groups is 3. The molecule has 4 unspecified atom stereocenters. The number of hydrogen-bond acceptors (Lipinski definition) is 29. The van der Waals surface area contributed by atoms with Crippen LogP contribution in [0, 0.1) is 5.92 Å². The van der Waals surface area contributed by atoms with Gasteiger partial charge >= 0.3 is 29.0 Å². The molecule has 418 valence electrons. The zero-order valence-corrected chi connectivity index (χ0v) is 42.7. The minimum atomic E-state index is -6.25. The molecule has 0 aliphatic carbocycles. The van der Waals surface area contributed by atoms with Crippen molar-refractivity contribution in [2.45, 2.75) is 67.1 Å². The molecule has 3 saturated heterocycles. The van der Waals surface area contributed by atoms with Gasteiger partial charge in [-0.25, -0.2) is 38.2 Å². The van der Waals surface area contributed by atoms with E-state index in [-0.39, 0.29) is 51.2 Å². The van der Waals surface area contributed by atoms with Crippen molar-refractivity contribution in [3.63, 3.8) is 0 Å². The van der Waals surface area contributed by atoms with Crippen LogP contribution in [0.4, 0.5) is 17.7 Å². The SMILES string of the molecule is CO[C@@H]1[C@H](P(=O)([O-])OC[C@H]2O[C@@H](n3cnc4c(=O)[nH]c(N)nc43)[C@H](O)[C@@H]2O)[C@@H](COP(=O)(O)OP(=O)(O)OP(=O)(O)OC[C@H]2O[C@@H](n3c[n+](C)c4c(=O)[nH]c(N)nc43)[C@H](O)[C@@H]2CN=[N+]=[N-])O[C@H]1n1cnc2c(N)ncnc21. The Hall–Kier alpha value is -5.76. The number of aryl methyl sites for hydroxylation is 1. The molecule has 9 rings (SSSR count). The van der Waals surface area contributed by atoms with Crippen molar-refractivity contribution in [1.29, 1.82) is 0 Å². The van der Waals surface area contributed by atoms with Crippen LogP contribution in [0.15, 0.2) is 40.0 Å². The average molecular weight is 1170 g/mol. The second-order valence-electron chi connectivity index (χ2n) is 17.0. The summed E-state index contributed by atoms with van der Waals surface area (Å²) in [6, 6.07) is 0. The Kier molecular flexibility index (Phi) is 15.4. The standard InChI is InChI=1S/C33H44N18O22P4/c1-48-10-51(26-17(48)28(56)46-33(36)44-26)29-18(52)11(3-42-47-37)12(69-29)4-67-75(59,60)72-77(63,64)73-76(61,62)68-6-14-22(21(65-2)31(71-14)49-8-40-15-23(34)38-7-39-24(15)49)74(57,58)66-5-13-19(53)20(54)30(70-13)50-9-41-16-25(50)43-32(35)45-27(16)55/h7-14,18-22,29-31,52-54H,3-6H2,1-2H3,(H11-,34,35,36,38,39,43,44,45,46,55,56,57,58,59,60,61,62,63,64)/t11-,12-,13-,14-,18-,19-,20-,21-,22-,29-,30-,31-/m1/s1. The van der Waals surface area contributed by atoms with Crippen LogP contribution < -0.4 is 37.8 Å². The molecule has 3 aliphatic rings. The van der Waals surface area contributed by atoms with Crippen molar-refractivity contribution in [3.05, 3.63) is 56.5 Å². The molecule has 6 aromatic heterocycles. The summed E-state index contributed by atoms with van der Waals surface area (Å²) >= 11 is 0. The van der Waals surface area contributed by atoms with Crippen molar-refractivity contribution in [2.75, 3.05) is 50.7 Å². The number of methoxy groups -OCH3 is 1. The highest BCUT2D eigenvalue weighted by atomic mass is 31.3. The topological polar surface area (TPSA) is 584 Å². The second kappa shape index (κ2) is 21.1. The number of H-pyrrole nitrogens is 2. The van der Waals surface area contributed by atoms with E-state index in [1.54, 1.807) is 0 Å². The lowest BCUT2D eigenvalue weighted by Gasteiger charge is -2.35. The van der Waals surface area contributed by atoms with Crippen LogP contribution in [0.1, 0.15) is 18.7 Å². The Morgan fingerprint density at radius 2 is 1.32 bits per heavy atom. The average Bonchev–Trinajstić information content (AvgIpc) is 4.26. The number of aliphatic hydroxyl groups excluding tert-OH is 3. The second-order valence-corrected chi connectivity index (χ2v) is 23.6. The van der Waals surface area contributed by atoms with Gasteiger partial charge in [0.1, 0.15) is 50.0 Å². The summed E-state index contributed by atoms with van der Waals surface area (Å²) in [6.07, 6.45) is -12.1. The van der Waals surface area contributed by atoms with Gasteiger partial charge in [0.15, 0.2) is 35.1 Å². The number of anilines is 3. The van der Waals surface area contributed by atoms with Crippen LogP contribution >= 0.6 is 31.1 Å². The van der Waals surface area contributed by atoms with E-state index in [9.17, 15) is 62.7 Å². The number of hydrogen-bond donors (Lipinski definition) is 11. The summed E-state index contributed by atoms with van der Waals surface area (Å²) < 4.78 is 105. The Bertz CT molecular complexity index is 3610. The van der Waals surface area contributed by atoms with Gasteiger partial charge in [0.05, 0.1) is 57.4 Å². The maximum absolute atomic E-state index is 14.3. The first kappa shape index (κ1) is 56.0. The highest BCUT2D eigenvalue weighted by Crippen LogP contribution is 2.68. The van der Waals surface area contributed by atoms with Crippen LogP contribution in [-0.2, 0) is 66.4 Å². The first-order chi connectivity index (χ1) is 36.2. The third-order valence-electron chi connectivity index (χ3n) is 12.3. The first-order valence-corrected chi connectivity index (χ1v) is 27.9. The summed E-state index contributed by atoms with van der Waals surface area (Å²) in [7, 11) is -21.2. The molecule has 9 heterocycles. The number of aromatic nitrogens is 12. The fourth-order valence-corrected chi connectivity index (χ4v) is 14.2. The number of phosphoric ester groups is 2. The highest BCUT2D eigenvalue weighted by Gasteiger charge is 2.55. The van der Waals surface area contributed by atoms with E-state index in [2.05, 4.69) is 58.5 Å². The molecule has 0 bridgehead atoms. The number of nitrogen functional groups attached to an aromatic ring is 3. The van der Waals surface area contributed by atoms with Gasteiger partial charge in [0.2, 0.25) is 24.5 Å². The normalized spacial score (nSPS) is 29.8. The number of fused-ring (bicyclic) bond motifs is 3. The Morgan fingerprint density at radius 1 is 0.753 bits per heavy atom. The molecule has 0 saturated carbocycles. The maximum Gasteiger partial charge on any atom is 0.490 e. The first-order valence-electron chi connectivity index (χ1n) is 21.8. The van der Waals surface area contributed by atoms with E-state index in [1.165, 1.54) is 22.5 Å². The number of nitrogens with two attached hydrogens (primary N) is 3. The molecule has 0 spiro atoms. The Morgan fingerprint density at radius 3 is 1.99 bits per heavy atom. The molecule has 0 radical (unpaired) electrons. The van der Waals surface area contributed by atoms with Gasteiger partial charge in [-0.2, -0.15) is 23.2 Å². The van der Waals surface area contributed by atoms with E-state index in [0.717, 1.165) is 35.2 Å². The molecule has 6 aromatic rings. The number of azide groups is 1. The van der Waals surface area contributed by atoms with Crippen LogP contribution in [0.3, 0.4) is 0 Å². The number of nitrogens with zero attached hydrogens (tertiary/aromatic N) is 13. The molecular formula is C33H44N18O22P4. The largest absolute Gasteiger partial charge is 0.778 e. The molecule has 3 aliphatic heterocycles. The van der Waals surface area contributed by atoms with Gasteiger partial charge in [0.25, 0.3) is 16.7 Å². The van der Waals surface area contributed by atoms with Gasteiger partial charge in [-0.15, -0.1) is 0 Å². The number of ether oxygens (including phenoxy) is 4. The predicted octanol–water partition coefficient (Wildman–Crippen LogP) is -3.71. The third-order valence-corrected chi connectivity index (χ3v) is 18.4. The summed E-state index contributed by atoms with van der Waals surface area (Å²) in [4.78, 5) is 102. The van der Waals surface area contributed by atoms with Crippen molar-refractivity contribution in [3.8, 4) is 0 Å². The lowest BCUT2D eigenvalue weighted by Crippen LogP contribution is -2.40. The van der Waals surface area contributed by atoms with Crippen molar-refractivity contribution in [2.24, 2.45) is 18.1 Å². The number of nitrogens with one attached hydrogen (secondary N) is 2. The van der Waals surface area contributed by atoms with E-state index < -0.39 is 142 Å². The number of rotatable bonds is 20. The molecule has 3 fully saturated rings. The molecule has 40 nitrogen and oxygen atoms in total. The van der Waals surface area contributed by atoms with E-state index in [4.69, 9.17) is 55.3 Å². The zero-order valence-electron chi connectivity index (χ0n) is 39.1. The minimum Gasteiger partial charge on any atom is -0.778 e. The van der Waals surface area contributed by atoms with Gasteiger partial charge in [0, 0.05) is 24.5 Å². The number of imidazole rings is 3. The van der Waals surface area contributed by atoms with Gasteiger partial charge < -0.3 is 80.1 Å². The molecular weight excluding hydrogens is 1120 g/mol. The maximum atomic E-state index is 14.3. The molecule has 0 aromatic carbocycles. The fraction of sp³-hybridized carbons (Fsp3) is 0.545. The highest BCUT2D eigenvalue weighted by molar-refractivity contribution is 7.66. The molecule has 16 atom stereocenters. The molecule has 77 heavy (non-hydrogen) atoms. The Labute approximate surface area is 426 Å². The zero-order chi connectivity index (χ0) is 55.7. The van der Waals surface area contributed by atoms with Crippen molar-refractivity contribution >= 4 is 82.3 Å². The minimum absolute atomic E-state index is 0.0153. The summed E-state index contributed by atoms with van der Waals surface area (Å²) in [5.74, 6) is -1.99. The van der Waals surface area contributed by atoms with E-state index in [0.29, 0.717) is 0 Å². The van der Waals surface area contributed by atoms with Crippen molar-refractivity contribution < 1.29 is 98.9 Å². The number of aromatic amines is 2. The molecule has 14 N–H and O–H groups in total. The third kappa shape index (κ3) is 11.0. The van der Waals surface area contributed by atoms with Crippen LogP contribution in [0.2, 0.25) is 0 Å². The smallest absolute Gasteiger partial charge is 0.490 e. The summed E-state index contributed by atoms with van der Waals surface area (Å²) in [6.45, 7) is -3.98. The molecule has 0 amide bonds. The van der Waals surface area contributed by atoms with E-state index >= 15 is 0 Å². The van der Waals surface area contributed by atoms with Crippen LogP contribution in [0.25, 0.3) is 43.9 Å². The lowest BCUT2D eigenvalue weighted by atomic mass is 9.98. The van der Waals surface area contributed by atoms with Crippen LogP contribution in [0.5, 0.6) is 0 Å². The summed E-state index contributed by atoms with van der Waals surface area (Å²) in [5, 5.41) is 36.6. The monoisotopic (exact) mass is 1170 g/mol. The summed E-state index contributed by atoms with van der Waals surface area (Å²) in [5.41, 5.74) is 22.3. The quantitative estimate of drug-likeness (QED) is 0.0115.